The molecule has 0 aliphatic rings. The molecule has 25 heavy (non-hydrogen) atoms. The van der Waals surface area contributed by atoms with Crippen LogP contribution in [0.3, 0.4) is 0 Å². The maximum atomic E-state index is 13.1. The predicted octanol–water partition coefficient (Wildman–Crippen LogP) is 3.68. The lowest BCUT2D eigenvalue weighted by Crippen LogP contribution is -2.40. The average Bonchev–Trinajstić information content (AvgIpc) is 2.52. The Morgan fingerprint density at radius 1 is 1.04 bits per heavy atom. The lowest BCUT2D eigenvalue weighted by molar-refractivity contribution is 0.0919. The Kier molecular flexibility index (Phi) is 5.75. The largest absolute Gasteiger partial charge is 0.347 e. The molecular formula is C19H22FN3O2. The molecule has 0 atom stereocenters. The summed E-state index contributed by atoms with van der Waals surface area (Å²) in [5.74, 6) is -0.561. The third-order valence-electron chi connectivity index (χ3n) is 3.21. The summed E-state index contributed by atoms with van der Waals surface area (Å²) >= 11 is 0. The second-order valence-electron chi connectivity index (χ2n) is 6.72. The maximum absolute atomic E-state index is 13.1. The van der Waals surface area contributed by atoms with Crippen LogP contribution in [0.1, 0.15) is 36.7 Å². The van der Waals surface area contributed by atoms with Crippen LogP contribution in [0.15, 0.2) is 48.5 Å². The van der Waals surface area contributed by atoms with Crippen molar-refractivity contribution in [3.63, 3.8) is 0 Å². The summed E-state index contributed by atoms with van der Waals surface area (Å²) in [7, 11) is 0. The van der Waals surface area contributed by atoms with Crippen molar-refractivity contribution in [2.45, 2.75) is 32.9 Å². The molecule has 0 radical (unpaired) electrons. The van der Waals surface area contributed by atoms with Gasteiger partial charge in [0.25, 0.3) is 5.91 Å². The number of hydrogen-bond acceptors (Lipinski definition) is 2. The number of rotatable bonds is 4. The molecule has 3 amide bonds. The minimum Gasteiger partial charge on any atom is -0.347 e. The lowest BCUT2D eigenvalue weighted by Gasteiger charge is -2.20. The first kappa shape index (κ1) is 18.4. The maximum Gasteiger partial charge on any atom is 0.319 e. The molecule has 132 valence electrons. The Morgan fingerprint density at radius 3 is 2.44 bits per heavy atom. The SMILES string of the molecule is CC(C)(C)NC(=O)c1cccc(NC(=O)NCc2cccc(F)c2)c1. The van der Waals surface area contributed by atoms with Gasteiger partial charge in [-0.25, -0.2) is 9.18 Å². The van der Waals surface area contributed by atoms with Crippen LogP contribution in [0.4, 0.5) is 14.9 Å². The average molecular weight is 343 g/mol. The monoisotopic (exact) mass is 343 g/mol. The Balaban J connectivity index is 1.94. The van der Waals surface area contributed by atoms with Crippen molar-refractivity contribution < 1.29 is 14.0 Å². The quantitative estimate of drug-likeness (QED) is 0.792. The summed E-state index contributed by atoms with van der Waals surface area (Å²) in [5, 5.41) is 8.17. The number of amides is 3. The fourth-order valence-corrected chi connectivity index (χ4v) is 2.16. The standard InChI is InChI=1S/C19H22FN3O2/c1-19(2,3)23-17(24)14-7-5-9-16(11-14)22-18(25)21-12-13-6-4-8-15(20)10-13/h4-11H,12H2,1-3H3,(H,23,24)(H2,21,22,25). The van der Waals surface area contributed by atoms with Gasteiger partial charge >= 0.3 is 6.03 Å². The Morgan fingerprint density at radius 2 is 1.76 bits per heavy atom. The predicted molar refractivity (Wildman–Crippen MR) is 95.9 cm³/mol. The topological polar surface area (TPSA) is 70.2 Å². The van der Waals surface area contributed by atoms with E-state index in [1.165, 1.54) is 12.1 Å². The van der Waals surface area contributed by atoms with Crippen LogP contribution >= 0.6 is 0 Å². The number of carbonyl (C=O) groups is 2. The second-order valence-corrected chi connectivity index (χ2v) is 6.72. The van der Waals surface area contributed by atoms with Crippen molar-refractivity contribution in [1.29, 1.82) is 0 Å². The lowest BCUT2D eigenvalue weighted by atomic mass is 10.1. The molecule has 2 aromatic carbocycles. The molecule has 0 fully saturated rings. The molecule has 0 spiro atoms. The van der Waals surface area contributed by atoms with Crippen LogP contribution in [-0.2, 0) is 6.54 Å². The second kappa shape index (κ2) is 7.79. The van der Waals surface area contributed by atoms with E-state index in [1.807, 2.05) is 20.8 Å². The van der Waals surface area contributed by atoms with Gasteiger partial charge in [-0.2, -0.15) is 0 Å². The minimum absolute atomic E-state index is 0.202. The van der Waals surface area contributed by atoms with Crippen molar-refractivity contribution in [1.82, 2.24) is 10.6 Å². The van der Waals surface area contributed by atoms with Crippen LogP contribution in [0, 0.1) is 5.82 Å². The van der Waals surface area contributed by atoms with Gasteiger partial charge in [0, 0.05) is 23.3 Å². The van der Waals surface area contributed by atoms with E-state index in [-0.39, 0.29) is 23.8 Å². The molecule has 0 aliphatic heterocycles. The van der Waals surface area contributed by atoms with Crippen molar-refractivity contribution >= 4 is 17.6 Å². The van der Waals surface area contributed by atoms with E-state index >= 15 is 0 Å². The molecule has 6 heteroatoms. The van der Waals surface area contributed by atoms with E-state index in [1.54, 1.807) is 36.4 Å². The van der Waals surface area contributed by atoms with Crippen LogP contribution in [0.25, 0.3) is 0 Å². The molecule has 3 N–H and O–H groups in total. The fourth-order valence-electron chi connectivity index (χ4n) is 2.16. The van der Waals surface area contributed by atoms with E-state index in [0.29, 0.717) is 16.8 Å². The zero-order valence-electron chi connectivity index (χ0n) is 14.5. The number of hydrogen-bond donors (Lipinski definition) is 3. The highest BCUT2D eigenvalue weighted by atomic mass is 19.1. The van der Waals surface area contributed by atoms with Crippen molar-refractivity contribution in [3.8, 4) is 0 Å². The number of nitrogens with one attached hydrogen (secondary N) is 3. The van der Waals surface area contributed by atoms with E-state index in [4.69, 9.17) is 0 Å². The van der Waals surface area contributed by atoms with Gasteiger partial charge in [0.2, 0.25) is 0 Å². The van der Waals surface area contributed by atoms with Crippen LogP contribution in [0.5, 0.6) is 0 Å². The van der Waals surface area contributed by atoms with Crippen LogP contribution < -0.4 is 16.0 Å². The van der Waals surface area contributed by atoms with Crippen molar-refractivity contribution in [2.24, 2.45) is 0 Å². The van der Waals surface area contributed by atoms with E-state index in [0.717, 1.165) is 0 Å². The summed E-state index contributed by atoms with van der Waals surface area (Å²) in [4.78, 5) is 24.1. The summed E-state index contributed by atoms with van der Waals surface area (Å²) in [6.45, 7) is 5.89. The fraction of sp³-hybridized carbons (Fsp3) is 0.263. The van der Waals surface area contributed by atoms with Gasteiger partial charge in [0.1, 0.15) is 5.82 Å². The molecule has 2 rings (SSSR count). The summed E-state index contributed by atoms with van der Waals surface area (Å²) in [6.07, 6.45) is 0. The Labute approximate surface area is 146 Å². The first-order valence-corrected chi connectivity index (χ1v) is 7.95. The molecule has 0 aromatic heterocycles. The third-order valence-corrected chi connectivity index (χ3v) is 3.21. The van der Waals surface area contributed by atoms with Crippen molar-refractivity contribution in [2.75, 3.05) is 5.32 Å². The number of anilines is 1. The van der Waals surface area contributed by atoms with Crippen LogP contribution in [0.2, 0.25) is 0 Å². The first-order chi connectivity index (χ1) is 11.7. The molecule has 0 bridgehead atoms. The molecule has 5 nitrogen and oxygen atoms in total. The van der Waals surface area contributed by atoms with Crippen LogP contribution in [-0.4, -0.2) is 17.5 Å². The zero-order chi connectivity index (χ0) is 18.4. The minimum atomic E-state index is -0.433. The number of benzene rings is 2. The molecule has 0 saturated heterocycles. The van der Waals surface area contributed by atoms with Crippen molar-refractivity contribution in [3.05, 3.63) is 65.5 Å². The zero-order valence-corrected chi connectivity index (χ0v) is 14.5. The van der Waals surface area contributed by atoms with Gasteiger partial charge in [-0.15, -0.1) is 0 Å². The molecule has 2 aromatic rings. The summed E-state index contributed by atoms with van der Waals surface area (Å²) in [6, 6.07) is 12.2. The highest BCUT2D eigenvalue weighted by Crippen LogP contribution is 2.12. The first-order valence-electron chi connectivity index (χ1n) is 7.95. The van der Waals surface area contributed by atoms with E-state index in [2.05, 4.69) is 16.0 Å². The molecule has 0 aliphatic carbocycles. The third kappa shape index (κ3) is 6.25. The van der Waals surface area contributed by atoms with Gasteiger partial charge < -0.3 is 16.0 Å². The Hall–Kier alpha value is -2.89. The number of carbonyl (C=O) groups excluding carboxylic acids is 2. The van der Waals surface area contributed by atoms with Gasteiger partial charge in [0.05, 0.1) is 0 Å². The molecule has 0 unspecified atom stereocenters. The van der Waals surface area contributed by atoms with Gasteiger partial charge in [-0.1, -0.05) is 18.2 Å². The molecular weight excluding hydrogens is 321 g/mol. The molecule has 0 saturated carbocycles. The van der Waals surface area contributed by atoms with Gasteiger partial charge in [-0.3, -0.25) is 4.79 Å². The molecule has 0 heterocycles. The van der Waals surface area contributed by atoms with E-state index in [9.17, 15) is 14.0 Å². The smallest absolute Gasteiger partial charge is 0.319 e. The van der Waals surface area contributed by atoms with Gasteiger partial charge in [0.15, 0.2) is 0 Å². The highest BCUT2D eigenvalue weighted by molar-refractivity contribution is 5.97. The normalized spacial score (nSPS) is 10.9. The highest BCUT2D eigenvalue weighted by Gasteiger charge is 2.15. The van der Waals surface area contributed by atoms with Gasteiger partial charge in [-0.05, 0) is 56.7 Å². The Bertz CT molecular complexity index is 769. The summed E-state index contributed by atoms with van der Waals surface area (Å²) in [5.41, 5.74) is 1.27. The summed E-state index contributed by atoms with van der Waals surface area (Å²) < 4.78 is 13.1. The van der Waals surface area contributed by atoms with E-state index < -0.39 is 6.03 Å². The number of urea groups is 1. The number of halogens is 1.